The van der Waals surface area contributed by atoms with Gasteiger partial charge < -0.3 is 10.2 Å². The number of hydrogen-bond acceptors (Lipinski definition) is 6. The summed E-state index contributed by atoms with van der Waals surface area (Å²) in [5.41, 5.74) is 0.133. The van der Waals surface area contributed by atoms with Crippen molar-refractivity contribution in [1.29, 1.82) is 0 Å². The number of rotatable bonds is 5. The zero-order chi connectivity index (χ0) is 17.3. The van der Waals surface area contributed by atoms with Gasteiger partial charge in [0.1, 0.15) is 13.5 Å². The Labute approximate surface area is 136 Å². The minimum absolute atomic E-state index is 0.182. The van der Waals surface area contributed by atoms with E-state index in [9.17, 15) is 19.8 Å². The molecule has 0 atom stereocenters. The monoisotopic (exact) mass is 331 g/mol. The van der Waals surface area contributed by atoms with E-state index in [-0.39, 0.29) is 17.1 Å². The second-order valence-corrected chi connectivity index (χ2v) is 5.30. The summed E-state index contributed by atoms with van der Waals surface area (Å²) in [7, 11) is 1.49. The summed E-state index contributed by atoms with van der Waals surface area (Å²) < 4.78 is 2.78. The van der Waals surface area contributed by atoms with E-state index in [1.807, 2.05) is 30.3 Å². The number of H-pyrrole nitrogens is 1. The second kappa shape index (κ2) is 6.30. The Morgan fingerprint density at radius 1 is 1.17 bits per heavy atom. The summed E-state index contributed by atoms with van der Waals surface area (Å²) in [6.07, 6.45) is 0. The SMILES string of the molecule is Cn1c(=O)[nH]c(=O)c2c1nc(N(CO)CO)n2Cc1ccccc1. The Morgan fingerprint density at radius 3 is 2.46 bits per heavy atom. The van der Waals surface area contributed by atoms with Crippen molar-refractivity contribution in [3.8, 4) is 0 Å². The molecule has 0 saturated carbocycles. The van der Waals surface area contributed by atoms with Crippen LogP contribution in [0, 0.1) is 0 Å². The van der Waals surface area contributed by atoms with E-state index in [0.29, 0.717) is 6.54 Å². The Morgan fingerprint density at radius 2 is 1.83 bits per heavy atom. The molecule has 2 heterocycles. The van der Waals surface area contributed by atoms with Crippen molar-refractivity contribution in [1.82, 2.24) is 19.1 Å². The number of aromatic nitrogens is 4. The zero-order valence-electron chi connectivity index (χ0n) is 13.0. The Balaban J connectivity index is 2.30. The average molecular weight is 331 g/mol. The number of aliphatic hydroxyl groups excluding tert-OH is 2. The molecule has 9 heteroatoms. The van der Waals surface area contributed by atoms with Gasteiger partial charge in [-0.15, -0.1) is 0 Å². The van der Waals surface area contributed by atoms with Crippen LogP contribution in [-0.4, -0.2) is 42.8 Å². The van der Waals surface area contributed by atoms with Crippen molar-refractivity contribution in [2.75, 3.05) is 18.4 Å². The minimum Gasteiger partial charge on any atom is -0.376 e. The van der Waals surface area contributed by atoms with E-state index < -0.39 is 24.7 Å². The third-order valence-corrected chi connectivity index (χ3v) is 3.79. The molecule has 126 valence electrons. The topological polar surface area (TPSA) is 116 Å². The number of benzene rings is 1. The van der Waals surface area contributed by atoms with Crippen LogP contribution in [0.15, 0.2) is 39.9 Å². The number of fused-ring (bicyclic) bond motifs is 1. The van der Waals surface area contributed by atoms with E-state index >= 15 is 0 Å². The number of aromatic amines is 1. The Bertz CT molecular complexity index is 969. The van der Waals surface area contributed by atoms with Gasteiger partial charge in [-0.25, -0.2) is 4.79 Å². The van der Waals surface area contributed by atoms with E-state index in [1.54, 1.807) is 4.57 Å². The van der Waals surface area contributed by atoms with Crippen molar-refractivity contribution in [2.24, 2.45) is 7.05 Å². The largest absolute Gasteiger partial charge is 0.376 e. The number of imidazole rings is 1. The van der Waals surface area contributed by atoms with Gasteiger partial charge in [-0.1, -0.05) is 30.3 Å². The summed E-state index contributed by atoms with van der Waals surface area (Å²) in [6.45, 7) is -0.675. The molecule has 0 fully saturated rings. The number of hydrogen-bond donors (Lipinski definition) is 3. The first kappa shape index (κ1) is 16.0. The fourth-order valence-electron chi connectivity index (χ4n) is 2.55. The lowest BCUT2D eigenvalue weighted by Crippen LogP contribution is -2.30. The summed E-state index contributed by atoms with van der Waals surface area (Å²) in [6, 6.07) is 9.37. The molecule has 24 heavy (non-hydrogen) atoms. The maximum absolute atomic E-state index is 12.3. The van der Waals surface area contributed by atoms with Gasteiger partial charge in [0.2, 0.25) is 5.95 Å². The summed E-state index contributed by atoms with van der Waals surface area (Å²) in [5.74, 6) is 0.200. The summed E-state index contributed by atoms with van der Waals surface area (Å²) in [5, 5.41) is 18.9. The lowest BCUT2D eigenvalue weighted by Gasteiger charge is -2.19. The number of nitrogens with one attached hydrogen (secondary N) is 1. The van der Waals surface area contributed by atoms with Crippen molar-refractivity contribution in [2.45, 2.75) is 6.54 Å². The fourth-order valence-corrected chi connectivity index (χ4v) is 2.55. The fraction of sp³-hybridized carbons (Fsp3) is 0.267. The highest BCUT2D eigenvalue weighted by Crippen LogP contribution is 2.20. The van der Waals surface area contributed by atoms with Crippen molar-refractivity contribution in [3.63, 3.8) is 0 Å². The number of aryl methyl sites for hydroxylation is 1. The van der Waals surface area contributed by atoms with Crippen molar-refractivity contribution in [3.05, 3.63) is 56.7 Å². The third kappa shape index (κ3) is 2.59. The van der Waals surface area contributed by atoms with Crippen LogP contribution < -0.4 is 16.1 Å². The van der Waals surface area contributed by atoms with Crippen LogP contribution in [0.5, 0.6) is 0 Å². The second-order valence-electron chi connectivity index (χ2n) is 5.30. The molecular weight excluding hydrogens is 314 g/mol. The van der Waals surface area contributed by atoms with Crippen LogP contribution in [0.4, 0.5) is 5.95 Å². The highest BCUT2D eigenvalue weighted by atomic mass is 16.3. The van der Waals surface area contributed by atoms with Gasteiger partial charge in [0, 0.05) is 7.05 Å². The summed E-state index contributed by atoms with van der Waals surface area (Å²) >= 11 is 0. The molecule has 3 aromatic rings. The summed E-state index contributed by atoms with van der Waals surface area (Å²) in [4.78, 5) is 31.8. The number of aliphatic hydroxyl groups is 2. The maximum atomic E-state index is 12.3. The van der Waals surface area contributed by atoms with Gasteiger partial charge in [-0.05, 0) is 5.56 Å². The van der Waals surface area contributed by atoms with E-state index in [0.717, 1.165) is 5.56 Å². The first-order valence-corrected chi connectivity index (χ1v) is 7.27. The molecule has 0 saturated heterocycles. The molecule has 2 aromatic heterocycles. The highest BCUT2D eigenvalue weighted by molar-refractivity contribution is 5.74. The van der Waals surface area contributed by atoms with Crippen molar-refractivity contribution < 1.29 is 10.2 Å². The molecule has 0 radical (unpaired) electrons. The van der Waals surface area contributed by atoms with Crippen LogP contribution >= 0.6 is 0 Å². The van der Waals surface area contributed by atoms with Crippen LogP contribution in [0.1, 0.15) is 5.56 Å². The van der Waals surface area contributed by atoms with Gasteiger partial charge in [0.15, 0.2) is 11.2 Å². The highest BCUT2D eigenvalue weighted by Gasteiger charge is 2.21. The normalized spacial score (nSPS) is 11.1. The molecule has 3 N–H and O–H groups in total. The van der Waals surface area contributed by atoms with Crippen LogP contribution in [0.25, 0.3) is 11.2 Å². The molecule has 1 aromatic carbocycles. The molecular formula is C15H17N5O4. The first-order chi connectivity index (χ1) is 11.6. The molecule has 0 spiro atoms. The van der Waals surface area contributed by atoms with Gasteiger partial charge in [0.05, 0.1) is 6.54 Å². The predicted molar refractivity (Wildman–Crippen MR) is 87.8 cm³/mol. The predicted octanol–water partition coefficient (Wildman–Crippen LogP) is -0.822. The Hall–Kier alpha value is -2.91. The van der Waals surface area contributed by atoms with Gasteiger partial charge in [-0.3, -0.25) is 23.8 Å². The number of anilines is 1. The molecule has 0 aliphatic carbocycles. The Kier molecular flexibility index (Phi) is 4.19. The zero-order valence-corrected chi connectivity index (χ0v) is 13.0. The molecule has 9 nitrogen and oxygen atoms in total. The lowest BCUT2D eigenvalue weighted by atomic mass is 10.2. The van der Waals surface area contributed by atoms with E-state index in [2.05, 4.69) is 9.97 Å². The van der Waals surface area contributed by atoms with E-state index in [4.69, 9.17) is 0 Å². The third-order valence-electron chi connectivity index (χ3n) is 3.79. The first-order valence-electron chi connectivity index (χ1n) is 7.27. The van der Waals surface area contributed by atoms with Crippen LogP contribution in [0.2, 0.25) is 0 Å². The van der Waals surface area contributed by atoms with Crippen molar-refractivity contribution >= 4 is 17.1 Å². The maximum Gasteiger partial charge on any atom is 0.329 e. The molecule has 3 rings (SSSR count). The molecule has 0 aliphatic heterocycles. The van der Waals surface area contributed by atoms with Gasteiger partial charge in [0.25, 0.3) is 5.56 Å². The molecule has 0 unspecified atom stereocenters. The minimum atomic E-state index is -0.581. The molecule has 0 aliphatic rings. The molecule has 0 bridgehead atoms. The number of nitrogens with zero attached hydrogens (tertiary/aromatic N) is 4. The van der Waals surface area contributed by atoms with Crippen LogP contribution in [-0.2, 0) is 13.6 Å². The smallest absolute Gasteiger partial charge is 0.329 e. The lowest BCUT2D eigenvalue weighted by molar-refractivity contribution is 0.219. The van der Waals surface area contributed by atoms with Gasteiger partial charge >= 0.3 is 5.69 Å². The average Bonchev–Trinajstić information content (AvgIpc) is 2.95. The van der Waals surface area contributed by atoms with E-state index in [1.165, 1.54) is 16.5 Å². The quantitative estimate of drug-likeness (QED) is 0.526. The molecule has 0 amide bonds. The van der Waals surface area contributed by atoms with Gasteiger partial charge in [-0.2, -0.15) is 4.98 Å². The van der Waals surface area contributed by atoms with Crippen LogP contribution in [0.3, 0.4) is 0 Å². The standard InChI is InChI=1S/C15H17N5O4/c1-18-12-11(13(23)17-15(18)24)20(7-10-5-3-2-4-6-10)14(16-12)19(8-21)9-22/h2-6,21-22H,7-9H2,1H3,(H,17,23,24).